The Balaban J connectivity index is 1.61. The van der Waals surface area contributed by atoms with E-state index < -0.39 is 0 Å². The Labute approximate surface area is 125 Å². The Morgan fingerprint density at radius 2 is 2.26 bits per heavy atom. The Hall–Kier alpha value is -0.820. The number of nitrogens with zero attached hydrogens (tertiary/aromatic N) is 1. The van der Waals surface area contributed by atoms with Gasteiger partial charge in [-0.2, -0.15) is 0 Å². The van der Waals surface area contributed by atoms with Gasteiger partial charge in [-0.1, -0.05) is 0 Å². The fraction of sp³-hybridized carbons (Fsp3) is 0.500. The van der Waals surface area contributed by atoms with Gasteiger partial charge >= 0.3 is 0 Å². The monoisotopic (exact) mass is 373 g/mol. The zero-order chi connectivity index (χ0) is 13.4. The van der Waals surface area contributed by atoms with Gasteiger partial charge in [0.1, 0.15) is 5.76 Å². The van der Waals surface area contributed by atoms with E-state index in [0.29, 0.717) is 18.2 Å². The van der Waals surface area contributed by atoms with Gasteiger partial charge in [-0.05, 0) is 59.6 Å². The molecule has 1 saturated heterocycles. The van der Waals surface area contributed by atoms with Crippen molar-refractivity contribution in [2.75, 3.05) is 13.1 Å². The van der Waals surface area contributed by atoms with Gasteiger partial charge in [-0.25, -0.2) is 0 Å². The predicted molar refractivity (Wildman–Crippen MR) is 79.3 cm³/mol. The summed E-state index contributed by atoms with van der Waals surface area (Å²) in [5.74, 6) is 1.46. The SMILES string of the molecule is O=C(C=Cc1ccc(I)o1)N1CC2CCC(O)C2C1. The van der Waals surface area contributed by atoms with Crippen LogP contribution in [0.15, 0.2) is 22.6 Å². The van der Waals surface area contributed by atoms with Crippen LogP contribution in [-0.2, 0) is 4.79 Å². The summed E-state index contributed by atoms with van der Waals surface area (Å²) in [6.45, 7) is 1.46. The first-order chi connectivity index (χ1) is 9.13. The number of rotatable bonds is 2. The summed E-state index contributed by atoms with van der Waals surface area (Å²) in [5, 5.41) is 9.84. The lowest BCUT2D eigenvalue weighted by Crippen LogP contribution is -2.29. The smallest absolute Gasteiger partial charge is 0.246 e. The van der Waals surface area contributed by atoms with Crippen LogP contribution in [0.4, 0.5) is 0 Å². The Morgan fingerprint density at radius 3 is 2.95 bits per heavy atom. The molecule has 5 heteroatoms. The standard InChI is InChI=1S/C14H16INO3/c15-13-5-2-10(19-13)3-6-14(18)16-7-9-1-4-12(17)11(9)8-16/h2-3,5-6,9,11-12,17H,1,4,7-8H2. The van der Waals surface area contributed by atoms with Crippen molar-refractivity contribution in [1.82, 2.24) is 4.90 Å². The molecule has 0 aromatic carbocycles. The molecule has 1 aromatic heterocycles. The van der Waals surface area contributed by atoms with Crippen molar-refractivity contribution < 1.29 is 14.3 Å². The van der Waals surface area contributed by atoms with Crippen molar-refractivity contribution >= 4 is 34.6 Å². The maximum Gasteiger partial charge on any atom is 0.246 e. The summed E-state index contributed by atoms with van der Waals surface area (Å²) in [5.41, 5.74) is 0. The maximum absolute atomic E-state index is 12.1. The van der Waals surface area contributed by atoms with Crippen LogP contribution in [0.1, 0.15) is 18.6 Å². The maximum atomic E-state index is 12.1. The van der Waals surface area contributed by atoms with E-state index in [1.54, 1.807) is 12.2 Å². The number of amides is 1. The minimum Gasteiger partial charge on any atom is -0.451 e. The Bertz CT molecular complexity index is 511. The molecule has 1 aliphatic heterocycles. The van der Waals surface area contributed by atoms with E-state index in [2.05, 4.69) is 22.6 Å². The summed E-state index contributed by atoms with van der Waals surface area (Å²) in [6.07, 6.45) is 4.96. The van der Waals surface area contributed by atoms with Crippen LogP contribution >= 0.6 is 22.6 Å². The van der Waals surface area contributed by atoms with E-state index in [4.69, 9.17) is 4.42 Å². The molecule has 3 unspecified atom stereocenters. The average Bonchev–Trinajstić information content (AvgIpc) is 3.05. The van der Waals surface area contributed by atoms with Crippen molar-refractivity contribution in [3.05, 3.63) is 27.7 Å². The minimum atomic E-state index is -0.224. The van der Waals surface area contributed by atoms with Crippen LogP contribution in [0.25, 0.3) is 6.08 Å². The number of aliphatic hydroxyl groups is 1. The second-order valence-corrected chi connectivity index (χ2v) is 6.35. The number of hydrogen-bond donors (Lipinski definition) is 1. The first-order valence-corrected chi connectivity index (χ1v) is 7.62. The number of likely N-dealkylation sites (tertiary alicyclic amines) is 1. The molecule has 2 aliphatic rings. The molecular weight excluding hydrogens is 357 g/mol. The highest BCUT2D eigenvalue weighted by molar-refractivity contribution is 14.1. The molecule has 4 nitrogen and oxygen atoms in total. The number of carbonyl (C=O) groups excluding carboxylic acids is 1. The molecule has 3 atom stereocenters. The molecule has 2 fully saturated rings. The highest BCUT2D eigenvalue weighted by Gasteiger charge is 2.42. The van der Waals surface area contributed by atoms with Crippen LogP contribution in [0.3, 0.4) is 0 Å². The average molecular weight is 373 g/mol. The van der Waals surface area contributed by atoms with Gasteiger partial charge in [0.15, 0.2) is 3.77 Å². The fourth-order valence-corrected chi connectivity index (χ4v) is 3.53. The third-order valence-corrected chi connectivity index (χ3v) is 4.69. The molecule has 1 aromatic rings. The van der Waals surface area contributed by atoms with Gasteiger partial charge in [0.05, 0.1) is 6.10 Å². The van der Waals surface area contributed by atoms with Crippen molar-refractivity contribution in [2.45, 2.75) is 18.9 Å². The van der Waals surface area contributed by atoms with E-state index in [9.17, 15) is 9.90 Å². The van der Waals surface area contributed by atoms with Gasteiger partial charge in [-0.3, -0.25) is 4.79 Å². The lowest BCUT2D eigenvalue weighted by atomic mass is 10.00. The molecule has 0 bridgehead atoms. The molecule has 102 valence electrons. The first kappa shape index (κ1) is 13.2. The second kappa shape index (κ2) is 5.28. The summed E-state index contributed by atoms with van der Waals surface area (Å²) >= 11 is 2.09. The zero-order valence-electron chi connectivity index (χ0n) is 10.5. The number of carbonyl (C=O) groups is 1. The molecule has 1 N–H and O–H groups in total. The van der Waals surface area contributed by atoms with Crippen molar-refractivity contribution in [2.24, 2.45) is 11.8 Å². The predicted octanol–water partition coefficient (Wildman–Crippen LogP) is 2.13. The Morgan fingerprint density at radius 1 is 1.42 bits per heavy atom. The van der Waals surface area contributed by atoms with Gasteiger partial charge in [0, 0.05) is 25.1 Å². The van der Waals surface area contributed by atoms with E-state index >= 15 is 0 Å². The topological polar surface area (TPSA) is 53.7 Å². The summed E-state index contributed by atoms with van der Waals surface area (Å²) in [4.78, 5) is 13.9. The van der Waals surface area contributed by atoms with Gasteiger partial charge in [0.25, 0.3) is 0 Å². The summed E-state index contributed by atoms with van der Waals surface area (Å²) in [6, 6.07) is 3.70. The summed E-state index contributed by atoms with van der Waals surface area (Å²) < 4.78 is 6.19. The summed E-state index contributed by atoms with van der Waals surface area (Å²) in [7, 11) is 0. The molecular formula is C14H16INO3. The lowest BCUT2D eigenvalue weighted by Gasteiger charge is -2.16. The second-order valence-electron chi connectivity index (χ2n) is 5.29. The van der Waals surface area contributed by atoms with Gasteiger partial charge < -0.3 is 14.4 Å². The van der Waals surface area contributed by atoms with Gasteiger partial charge in [0.2, 0.25) is 5.91 Å². The number of aliphatic hydroxyl groups excluding tert-OH is 1. The van der Waals surface area contributed by atoms with Crippen molar-refractivity contribution in [1.29, 1.82) is 0 Å². The third-order valence-electron chi connectivity index (χ3n) is 4.11. The van der Waals surface area contributed by atoms with Crippen LogP contribution in [-0.4, -0.2) is 35.1 Å². The van der Waals surface area contributed by atoms with Crippen LogP contribution in [0.2, 0.25) is 0 Å². The quantitative estimate of drug-likeness (QED) is 0.639. The van der Waals surface area contributed by atoms with Crippen molar-refractivity contribution in [3.8, 4) is 0 Å². The normalized spacial score (nSPS) is 30.2. The van der Waals surface area contributed by atoms with E-state index in [1.807, 2.05) is 17.0 Å². The molecule has 19 heavy (non-hydrogen) atoms. The van der Waals surface area contributed by atoms with Crippen molar-refractivity contribution in [3.63, 3.8) is 0 Å². The lowest BCUT2D eigenvalue weighted by molar-refractivity contribution is -0.125. The molecule has 1 saturated carbocycles. The van der Waals surface area contributed by atoms with E-state index in [-0.39, 0.29) is 17.9 Å². The molecule has 1 aliphatic carbocycles. The molecule has 0 spiro atoms. The largest absolute Gasteiger partial charge is 0.451 e. The van der Waals surface area contributed by atoms with E-state index in [1.165, 1.54) is 0 Å². The van der Waals surface area contributed by atoms with Gasteiger partial charge in [-0.15, -0.1) is 0 Å². The molecule has 3 rings (SSSR count). The number of halogens is 1. The number of fused-ring (bicyclic) bond motifs is 1. The molecule has 0 radical (unpaired) electrons. The Kier molecular flexibility index (Phi) is 3.66. The van der Waals surface area contributed by atoms with E-state index in [0.717, 1.165) is 23.2 Å². The zero-order valence-corrected chi connectivity index (χ0v) is 12.6. The molecule has 1 amide bonds. The highest BCUT2D eigenvalue weighted by atomic mass is 127. The van der Waals surface area contributed by atoms with Crippen LogP contribution in [0, 0.1) is 15.6 Å². The number of hydrogen-bond acceptors (Lipinski definition) is 3. The molecule has 2 heterocycles. The van der Waals surface area contributed by atoms with Crippen LogP contribution < -0.4 is 0 Å². The highest BCUT2D eigenvalue weighted by Crippen LogP contribution is 2.38. The minimum absolute atomic E-state index is 0.00741. The number of furan rings is 1. The first-order valence-electron chi connectivity index (χ1n) is 6.54. The van der Waals surface area contributed by atoms with Crippen LogP contribution in [0.5, 0.6) is 0 Å². The third kappa shape index (κ3) is 2.72. The fourth-order valence-electron chi connectivity index (χ4n) is 3.09.